The second kappa shape index (κ2) is 8.37. The minimum Gasteiger partial charge on any atom is -0.497 e. The van der Waals surface area contributed by atoms with Crippen LogP contribution >= 0.6 is 0 Å². The fourth-order valence-corrected chi connectivity index (χ4v) is 2.82. The molecule has 0 fully saturated rings. The molecule has 0 aliphatic heterocycles. The van der Waals surface area contributed by atoms with Crippen molar-refractivity contribution < 1.29 is 14.6 Å². The van der Waals surface area contributed by atoms with Crippen LogP contribution in [0.3, 0.4) is 0 Å². The molecule has 122 valence electrons. The van der Waals surface area contributed by atoms with Gasteiger partial charge in [0.2, 0.25) is 0 Å². The SMILES string of the molecule is COc1cc(C[C@@H](C)CCCc2ccccc2)cc(C(=O)O)c1. The van der Waals surface area contributed by atoms with Crippen LogP contribution in [0.5, 0.6) is 5.75 Å². The zero-order valence-corrected chi connectivity index (χ0v) is 13.8. The van der Waals surface area contributed by atoms with Crippen LogP contribution in [-0.2, 0) is 12.8 Å². The predicted molar refractivity (Wildman–Crippen MR) is 92.2 cm³/mol. The number of hydrogen-bond donors (Lipinski definition) is 1. The third-order valence-corrected chi connectivity index (χ3v) is 4.04. The lowest BCUT2D eigenvalue weighted by atomic mass is 9.94. The Labute approximate surface area is 137 Å². The van der Waals surface area contributed by atoms with Gasteiger partial charge in [0.25, 0.3) is 0 Å². The minimum absolute atomic E-state index is 0.288. The second-order valence-electron chi connectivity index (χ2n) is 6.06. The Balaban J connectivity index is 1.90. The molecule has 0 spiro atoms. The monoisotopic (exact) mass is 312 g/mol. The number of aryl methyl sites for hydroxylation is 1. The van der Waals surface area contributed by atoms with Crippen molar-refractivity contribution in [1.29, 1.82) is 0 Å². The van der Waals surface area contributed by atoms with Gasteiger partial charge < -0.3 is 9.84 Å². The largest absolute Gasteiger partial charge is 0.497 e. The Morgan fingerprint density at radius 3 is 2.52 bits per heavy atom. The first kappa shape index (κ1) is 17.1. The molecule has 2 rings (SSSR count). The molecular weight excluding hydrogens is 288 g/mol. The van der Waals surface area contributed by atoms with Crippen molar-refractivity contribution >= 4 is 5.97 Å². The number of hydrogen-bond acceptors (Lipinski definition) is 2. The maximum Gasteiger partial charge on any atom is 0.335 e. The zero-order chi connectivity index (χ0) is 16.7. The molecule has 0 aliphatic rings. The smallest absolute Gasteiger partial charge is 0.335 e. The quantitative estimate of drug-likeness (QED) is 0.775. The third kappa shape index (κ3) is 5.44. The van der Waals surface area contributed by atoms with E-state index in [1.54, 1.807) is 19.2 Å². The van der Waals surface area contributed by atoms with E-state index in [0.29, 0.717) is 11.7 Å². The number of methoxy groups -OCH3 is 1. The van der Waals surface area contributed by atoms with E-state index in [1.807, 2.05) is 12.1 Å². The van der Waals surface area contributed by atoms with Gasteiger partial charge in [-0.25, -0.2) is 4.79 Å². The number of ether oxygens (including phenoxy) is 1. The number of carboxylic acid groups (broad SMARTS) is 1. The van der Waals surface area contributed by atoms with E-state index in [2.05, 4.69) is 31.2 Å². The van der Waals surface area contributed by atoms with Crippen LogP contribution in [0.2, 0.25) is 0 Å². The molecule has 0 saturated carbocycles. The first-order chi connectivity index (χ1) is 11.1. The van der Waals surface area contributed by atoms with Crippen molar-refractivity contribution in [2.45, 2.75) is 32.6 Å². The highest BCUT2D eigenvalue weighted by Gasteiger charge is 2.10. The Bertz CT molecular complexity index is 635. The van der Waals surface area contributed by atoms with Gasteiger partial charge in [0, 0.05) is 0 Å². The van der Waals surface area contributed by atoms with Crippen LogP contribution in [0, 0.1) is 5.92 Å². The van der Waals surface area contributed by atoms with E-state index in [-0.39, 0.29) is 5.56 Å². The normalized spacial score (nSPS) is 11.9. The highest BCUT2D eigenvalue weighted by molar-refractivity contribution is 5.88. The topological polar surface area (TPSA) is 46.5 Å². The molecule has 0 saturated heterocycles. The summed E-state index contributed by atoms with van der Waals surface area (Å²) in [5.41, 5.74) is 2.68. The Hall–Kier alpha value is -2.29. The molecule has 3 nitrogen and oxygen atoms in total. The molecule has 0 radical (unpaired) electrons. The molecule has 1 atom stereocenters. The molecule has 23 heavy (non-hydrogen) atoms. The Morgan fingerprint density at radius 1 is 1.13 bits per heavy atom. The molecule has 2 aromatic carbocycles. The predicted octanol–water partition coefficient (Wildman–Crippen LogP) is 4.59. The summed E-state index contributed by atoms with van der Waals surface area (Å²) >= 11 is 0. The molecular formula is C20H24O3. The van der Waals surface area contributed by atoms with Crippen LogP contribution in [0.4, 0.5) is 0 Å². The van der Waals surface area contributed by atoms with Gasteiger partial charge in [-0.15, -0.1) is 0 Å². The van der Waals surface area contributed by atoms with Crippen molar-refractivity contribution in [3.8, 4) is 5.75 Å². The number of benzene rings is 2. The minimum atomic E-state index is -0.915. The first-order valence-electron chi connectivity index (χ1n) is 8.03. The Kier molecular flexibility index (Phi) is 6.21. The van der Waals surface area contributed by atoms with Crippen molar-refractivity contribution in [3.05, 3.63) is 65.2 Å². The van der Waals surface area contributed by atoms with Crippen molar-refractivity contribution in [1.82, 2.24) is 0 Å². The summed E-state index contributed by atoms with van der Waals surface area (Å²) in [4.78, 5) is 11.2. The summed E-state index contributed by atoms with van der Waals surface area (Å²) in [6, 6.07) is 15.7. The van der Waals surface area contributed by atoms with Crippen LogP contribution in [0.25, 0.3) is 0 Å². The van der Waals surface area contributed by atoms with Gasteiger partial charge in [0.1, 0.15) is 5.75 Å². The molecule has 0 bridgehead atoms. The lowest BCUT2D eigenvalue weighted by Gasteiger charge is -2.13. The summed E-state index contributed by atoms with van der Waals surface area (Å²) in [6.45, 7) is 2.21. The molecule has 0 aliphatic carbocycles. The van der Waals surface area contributed by atoms with E-state index < -0.39 is 5.97 Å². The fraction of sp³-hybridized carbons (Fsp3) is 0.350. The van der Waals surface area contributed by atoms with Gasteiger partial charge in [-0.05, 0) is 54.5 Å². The molecule has 0 aromatic heterocycles. The molecule has 0 amide bonds. The first-order valence-corrected chi connectivity index (χ1v) is 8.03. The van der Waals surface area contributed by atoms with Crippen molar-refractivity contribution in [3.63, 3.8) is 0 Å². The highest BCUT2D eigenvalue weighted by atomic mass is 16.5. The van der Waals surface area contributed by atoms with Gasteiger partial charge >= 0.3 is 5.97 Å². The maximum atomic E-state index is 11.2. The van der Waals surface area contributed by atoms with E-state index in [9.17, 15) is 9.90 Å². The van der Waals surface area contributed by atoms with E-state index in [4.69, 9.17) is 4.74 Å². The third-order valence-electron chi connectivity index (χ3n) is 4.04. The highest BCUT2D eigenvalue weighted by Crippen LogP contribution is 2.22. The van der Waals surface area contributed by atoms with Crippen LogP contribution in [-0.4, -0.2) is 18.2 Å². The van der Waals surface area contributed by atoms with E-state index >= 15 is 0 Å². The summed E-state index contributed by atoms with van der Waals surface area (Å²) in [7, 11) is 1.56. The van der Waals surface area contributed by atoms with Gasteiger partial charge in [0.05, 0.1) is 12.7 Å². The lowest BCUT2D eigenvalue weighted by Crippen LogP contribution is -2.04. The molecule has 3 heteroatoms. The fourth-order valence-electron chi connectivity index (χ4n) is 2.82. The average Bonchev–Trinajstić information content (AvgIpc) is 2.55. The van der Waals surface area contributed by atoms with Gasteiger partial charge in [-0.3, -0.25) is 0 Å². The second-order valence-corrected chi connectivity index (χ2v) is 6.06. The summed E-state index contributed by atoms with van der Waals surface area (Å²) < 4.78 is 5.20. The molecule has 1 N–H and O–H groups in total. The molecule has 0 unspecified atom stereocenters. The van der Waals surface area contributed by atoms with Crippen LogP contribution in [0.15, 0.2) is 48.5 Å². The number of carbonyl (C=O) groups is 1. The van der Waals surface area contributed by atoms with E-state index in [1.165, 1.54) is 5.56 Å². The van der Waals surface area contributed by atoms with Gasteiger partial charge in [0.15, 0.2) is 0 Å². The van der Waals surface area contributed by atoms with Gasteiger partial charge in [-0.1, -0.05) is 43.7 Å². The summed E-state index contributed by atoms with van der Waals surface area (Å²) in [5, 5.41) is 9.18. The lowest BCUT2D eigenvalue weighted by molar-refractivity contribution is 0.0696. The number of rotatable bonds is 8. The molecule has 2 aromatic rings. The Morgan fingerprint density at radius 2 is 1.87 bits per heavy atom. The summed E-state index contributed by atoms with van der Waals surface area (Å²) in [5.74, 6) is 0.200. The summed E-state index contributed by atoms with van der Waals surface area (Å²) in [6.07, 6.45) is 4.21. The van der Waals surface area contributed by atoms with E-state index in [0.717, 1.165) is 31.2 Å². The molecule has 0 heterocycles. The number of carboxylic acids is 1. The zero-order valence-electron chi connectivity index (χ0n) is 13.8. The number of aromatic carboxylic acids is 1. The van der Waals surface area contributed by atoms with Gasteiger partial charge in [-0.2, -0.15) is 0 Å². The van der Waals surface area contributed by atoms with Crippen LogP contribution < -0.4 is 4.74 Å². The maximum absolute atomic E-state index is 11.2. The van der Waals surface area contributed by atoms with Crippen molar-refractivity contribution in [2.24, 2.45) is 5.92 Å². The standard InChI is InChI=1S/C20H24O3/c1-15(7-6-10-16-8-4-3-5-9-16)11-17-12-18(20(21)22)14-19(13-17)23-2/h3-5,8-9,12-15H,6-7,10-11H2,1-2H3,(H,21,22)/t15-/m0/s1. The van der Waals surface area contributed by atoms with Crippen LogP contribution in [0.1, 0.15) is 41.3 Å². The van der Waals surface area contributed by atoms with Crippen molar-refractivity contribution in [2.75, 3.05) is 7.11 Å². The average molecular weight is 312 g/mol.